The topological polar surface area (TPSA) is 84.1 Å². The highest BCUT2D eigenvalue weighted by Crippen LogP contribution is 2.17. The highest BCUT2D eigenvalue weighted by atomic mass is 32.1. The number of aromatic nitrogens is 2. The van der Waals surface area contributed by atoms with Gasteiger partial charge in [0.15, 0.2) is 11.1 Å². The van der Waals surface area contributed by atoms with Crippen LogP contribution in [0, 0.1) is 0 Å². The molecule has 112 valence electrons. The van der Waals surface area contributed by atoms with Gasteiger partial charge in [0, 0.05) is 30.0 Å². The van der Waals surface area contributed by atoms with Gasteiger partial charge in [-0.3, -0.25) is 9.20 Å². The summed E-state index contributed by atoms with van der Waals surface area (Å²) in [7, 11) is 0. The summed E-state index contributed by atoms with van der Waals surface area (Å²) in [5, 5.41) is 11.0. The van der Waals surface area contributed by atoms with E-state index in [0.29, 0.717) is 6.54 Å². The Hall–Kier alpha value is -1.93. The molecule has 2 aromatic rings. The minimum absolute atomic E-state index is 0.0928. The molecule has 1 aliphatic heterocycles. The molecular weight excluding hydrogens is 294 g/mol. The molecule has 21 heavy (non-hydrogen) atoms. The van der Waals surface area contributed by atoms with Crippen LogP contribution in [-0.2, 0) is 20.7 Å². The summed E-state index contributed by atoms with van der Waals surface area (Å²) < 4.78 is 7.19. The third kappa shape index (κ3) is 2.77. The van der Waals surface area contributed by atoms with Gasteiger partial charge in [0.25, 0.3) is 0 Å². The average molecular weight is 309 g/mol. The summed E-state index contributed by atoms with van der Waals surface area (Å²) in [4.78, 5) is 30.0. The van der Waals surface area contributed by atoms with Gasteiger partial charge in [-0.2, -0.15) is 0 Å². The number of ether oxygens (including phenoxy) is 1. The van der Waals surface area contributed by atoms with Crippen LogP contribution in [0.25, 0.3) is 4.96 Å². The molecule has 0 radical (unpaired) electrons. The number of hydrogen-bond acceptors (Lipinski definition) is 5. The van der Waals surface area contributed by atoms with Crippen LogP contribution in [0.5, 0.6) is 0 Å². The van der Waals surface area contributed by atoms with E-state index in [9.17, 15) is 9.59 Å². The molecule has 0 saturated carbocycles. The lowest BCUT2D eigenvalue weighted by Gasteiger charge is -2.34. The van der Waals surface area contributed by atoms with Crippen molar-refractivity contribution in [3.8, 4) is 0 Å². The molecule has 1 saturated heterocycles. The van der Waals surface area contributed by atoms with Gasteiger partial charge in [-0.05, 0) is 6.92 Å². The number of carboxylic acid groups (broad SMARTS) is 1. The predicted molar refractivity (Wildman–Crippen MR) is 75.3 cm³/mol. The van der Waals surface area contributed by atoms with E-state index in [2.05, 4.69) is 4.98 Å². The second-order valence-corrected chi connectivity index (χ2v) is 5.89. The zero-order valence-corrected chi connectivity index (χ0v) is 12.2. The van der Waals surface area contributed by atoms with Crippen LogP contribution in [0.1, 0.15) is 12.6 Å². The Morgan fingerprint density at radius 3 is 3.10 bits per heavy atom. The lowest BCUT2D eigenvalue weighted by molar-refractivity contribution is -0.166. The fourth-order valence-electron chi connectivity index (χ4n) is 2.46. The first kappa shape index (κ1) is 14.0. The molecule has 2 aromatic heterocycles. The Bertz CT molecular complexity index is 680. The SMILES string of the molecule is C[C@@H]1CN(C(=O)Cc2csc3nccn23)CC(C(=O)O)O1. The minimum atomic E-state index is -1.04. The number of hydrogen-bond donors (Lipinski definition) is 1. The van der Waals surface area contributed by atoms with Gasteiger partial charge in [0.05, 0.1) is 19.1 Å². The molecule has 8 heteroatoms. The molecule has 0 bridgehead atoms. The van der Waals surface area contributed by atoms with E-state index in [1.807, 2.05) is 16.0 Å². The van der Waals surface area contributed by atoms with Crippen LogP contribution in [-0.4, -0.2) is 56.6 Å². The molecule has 1 amide bonds. The highest BCUT2D eigenvalue weighted by molar-refractivity contribution is 7.15. The van der Waals surface area contributed by atoms with Crippen molar-refractivity contribution in [2.24, 2.45) is 0 Å². The Balaban J connectivity index is 1.72. The van der Waals surface area contributed by atoms with E-state index < -0.39 is 12.1 Å². The van der Waals surface area contributed by atoms with Gasteiger partial charge in [0.1, 0.15) is 0 Å². The quantitative estimate of drug-likeness (QED) is 0.899. The fourth-order valence-corrected chi connectivity index (χ4v) is 3.31. The number of morpholine rings is 1. The van der Waals surface area contributed by atoms with Crippen LogP contribution >= 0.6 is 11.3 Å². The average Bonchev–Trinajstić information content (AvgIpc) is 3.03. The van der Waals surface area contributed by atoms with Gasteiger partial charge >= 0.3 is 5.97 Å². The monoisotopic (exact) mass is 309 g/mol. The van der Waals surface area contributed by atoms with Crippen molar-refractivity contribution >= 4 is 28.2 Å². The number of rotatable bonds is 3. The van der Waals surface area contributed by atoms with Gasteiger partial charge < -0.3 is 14.7 Å². The summed E-state index contributed by atoms with van der Waals surface area (Å²) in [5.74, 6) is -1.13. The van der Waals surface area contributed by atoms with Crippen molar-refractivity contribution in [2.45, 2.75) is 25.6 Å². The number of carbonyl (C=O) groups excluding carboxylic acids is 1. The van der Waals surface area contributed by atoms with E-state index in [0.717, 1.165) is 10.7 Å². The van der Waals surface area contributed by atoms with Crippen molar-refractivity contribution < 1.29 is 19.4 Å². The van der Waals surface area contributed by atoms with Crippen LogP contribution in [0.3, 0.4) is 0 Å². The number of amides is 1. The molecule has 1 aliphatic rings. The molecule has 1 N–H and O–H groups in total. The predicted octanol–water partition coefficient (Wildman–Crippen LogP) is 0.639. The van der Waals surface area contributed by atoms with Crippen LogP contribution in [0.4, 0.5) is 0 Å². The maximum absolute atomic E-state index is 12.4. The van der Waals surface area contributed by atoms with Crippen LogP contribution in [0.2, 0.25) is 0 Å². The van der Waals surface area contributed by atoms with Gasteiger partial charge in [-0.1, -0.05) is 0 Å². The second kappa shape index (κ2) is 5.45. The van der Waals surface area contributed by atoms with E-state index >= 15 is 0 Å². The number of nitrogens with zero attached hydrogens (tertiary/aromatic N) is 3. The number of carboxylic acids is 1. The number of thiazole rings is 1. The Labute approximate surface area is 124 Å². The molecule has 1 fully saturated rings. The number of fused-ring (bicyclic) bond motifs is 1. The molecule has 1 unspecified atom stereocenters. The molecule has 0 spiro atoms. The molecular formula is C13H15N3O4S. The Morgan fingerprint density at radius 1 is 1.52 bits per heavy atom. The summed E-state index contributed by atoms with van der Waals surface area (Å²) in [6.45, 7) is 2.28. The number of carbonyl (C=O) groups is 2. The van der Waals surface area contributed by atoms with Gasteiger partial charge in [-0.25, -0.2) is 9.78 Å². The maximum atomic E-state index is 12.4. The summed E-state index contributed by atoms with van der Waals surface area (Å²) >= 11 is 1.48. The zero-order chi connectivity index (χ0) is 15.0. The van der Waals surface area contributed by atoms with Crippen molar-refractivity contribution in [2.75, 3.05) is 13.1 Å². The largest absolute Gasteiger partial charge is 0.479 e. The van der Waals surface area contributed by atoms with Gasteiger partial charge in [0.2, 0.25) is 5.91 Å². The van der Waals surface area contributed by atoms with Crippen molar-refractivity contribution in [1.82, 2.24) is 14.3 Å². The zero-order valence-electron chi connectivity index (χ0n) is 11.4. The van der Waals surface area contributed by atoms with E-state index in [4.69, 9.17) is 9.84 Å². The summed E-state index contributed by atoms with van der Waals surface area (Å²) in [6, 6.07) is 0. The van der Waals surface area contributed by atoms with Crippen LogP contribution in [0.15, 0.2) is 17.8 Å². The molecule has 0 aromatic carbocycles. The molecule has 2 atom stereocenters. The molecule has 3 heterocycles. The standard InChI is InChI=1S/C13H15N3O4S/c1-8-5-15(6-10(20-8)12(18)19)11(17)4-9-7-21-13-14-2-3-16(9)13/h2-3,7-8,10H,4-6H2,1H3,(H,18,19)/t8-,10?/m1/s1. The first-order chi connectivity index (χ1) is 10.0. The third-order valence-electron chi connectivity index (χ3n) is 3.44. The summed E-state index contributed by atoms with van der Waals surface area (Å²) in [5.41, 5.74) is 0.864. The van der Waals surface area contributed by atoms with Gasteiger partial charge in [-0.15, -0.1) is 11.3 Å². The minimum Gasteiger partial charge on any atom is -0.479 e. The Kier molecular flexibility index (Phi) is 3.64. The molecule has 0 aliphatic carbocycles. The lowest BCUT2D eigenvalue weighted by Crippen LogP contribution is -2.52. The summed E-state index contributed by atoms with van der Waals surface area (Å²) in [6.07, 6.45) is 2.51. The third-order valence-corrected chi connectivity index (χ3v) is 4.34. The van der Waals surface area contributed by atoms with E-state index in [1.165, 1.54) is 11.3 Å². The van der Waals surface area contributed by atoms with Crippen molar-refractivity contribution in [1.29, 1.82) is 0 Å². The first-order valence-electron chi connectivity index (χ1n) is 6.60. The number of aliphatic carboxylic acids is 1. The van der Waals surface area contributed by atoms with Crippen LogP contribution < -0.4 is 0 Å². The van der Waals surface area contributed by atoms with Crippen molar-refractivity contribution in [3.05, 3.63) is 23.5 Å². The fraction of sp³-hybridized carbons (Fsp3) is 0.462. The maximum Gasteiger partial charge on any atom is 0.334 e. The lowest BCUT2D eigenvalue weighted by atomic mass is 10.2. The number of imidazole rings is 1. The normalized spacial score (nSPS) is 22.6. The van der Waals surface area contributed by atoms with E-state index in [-0.39, 0.29) is 25.0 Å². The first-order valence-corrected chi connectivity index (χ1v) is 7.48. The highest BCUT2D eigenvalue weighted by Gasteiger charge is 2.32. The van der Waals surface area contributed by atoms with E-state index in [1.54, 1.807) is 18.0 Å². The molecule has 7 nitrogen and oxygen atoms in total. The Morgan fingerprint density at radius 2 is 2.33 bits per heavy atom. The molecule has 3 rings (SSSR count). The second-order valence-electron chi connectivity index (χ2n) is 5.06. The van der Waals surface area contributed by atoms with Crippen molar-refractivity contribution in [3.63, 3.8) is 0 Å². The smallest absolute Gasteiger partial charge is 0.334 e.